The van der Waals surface area contributed by atoms with Gasteiger partial charge < -0.3 is 10.1 Å². The highest BCUT2D eigenvalue weighted by molar-refractivity contribution is 6.00. The number of rotatable bonds is 3. The fourth-order valence-electron chi connectivity index (χ4n) is 2.51. The van der Waals surface area contributed by atoms with Gasteiger partial charge >= 0.3 is 11.7 Å². The van der Waals surface area contributed by atoms with E-state index in [-0.39, 0.29) is 11.3 Å². The summed E-state index contributed by atoms with van der Waals surface area (Å²) in [5, 5.41) is 9.18. The zero-order valence-electron chi connectivity index (χ0n) is 11.5. The zero-order chi connectivity index (χ0) is 15.0. The van der Waals surface area contributed by atoms with Crippen LogP contribution in [0.3, 0.4) is 0 Å². The average Bonchev–Trinajstić information content (AvgIpc) is 2.75. The van der Waals surface area contributed by atoms with Crippen molar-refractivity contribution >= 4 is 17.0 Å². The zero-order valence-corrected chi connectivity index (χ0v) is 11.5. The van der Waals surface area contributed by atoms with Gasteiger partial charge in [-0.2, -0.15) is 0 Å². The second-order valence-corrected chi connectivity index (χ2v) is 5.01. The molecule has 5 nitrogen and oxygen atoms in total. The third kappa shape index (κ3) is 2.33. The van der Waals surface area contributed by atoms with E-state index in [0.29, 0.717) is 17.6 Å². The van der Waals surface area contributed by atoms with Crippen LogP contribution in [0.4, 0.5) is 0 Å². The van der Waals surface area contributed by atoms with Crippen molar-refractivity contribution in [3.63, 3.8) is 0 Å². The van der Waals surface area contributed by atoms with Gasteiger partial charge in [0.25, 0.3) is 0 Å². The van der Waals surface area contributed by atoms with Crippen LogP contribution < -0.4 is 5.69 Å². The number of aryl methyl sites for hydroxylation is 1. The second kappa shape index (κ2) is 4.94. The number of imidazole rings is 1. The number of carbonyl (C=O) groups is 1. The number of hydrogen-bond acceptors (Lipinski definition) is 2. The van der Waals surface area contributed by atoms with Gasteiger partial charge in [0.2, 0.25) is 0 Å². The number of aromatic carboxylic acids is 1. The summed E-state index contributed by atoms with van der Waals surface area (Å²) in [5.74, 6) is -1.05. The molecule has 0 aliphatic heterocycles. The Morgan fingerprint density at radius 1 is 1.24 bits per heavy atom. The van der Waals surface area contributed by atoms with Crippen molar-refractivity contribution in [2.75, 3.05) is 0 Å². The molecule has 0 unspecified atom stereocenters. The van der Waals surface area contributed by atoms with Crippen molar-refractivity contribution in [2.45, 2.75) is 13.5 Å². The monoisotopic (exact) mass is 282 g/mol. The Labute approximate surface area is 120 Å². The minimum atomic E-state index is -1.05. The molecule has 21 heavy (non-hydrogen) atoms. The highest BCUT2D eigenvalue weighted by Gasteiger charge is 2.14. The van der Waals surface area contributed by atoms with Crippen molar-refractivity contribution in [3.05, 3.63) is 69.6 Å². The summed E-state index contributed by atoms with van der Waals surface area (Å²) in [5.41, 5.74) is 2.88. The Hall–Kier alpha value is -2.82. The number of aromatic nitrogens is 2. The molecule has 0 radical (unpaired) electrons. The van der Waals surface area contributed by atoms with Crippen molar-refractivity contribution < 1.29 is 9.90 Å². The molecule has 3 aromatic rings. The maximum Gasteiger partial charge on any atom is 0.337 e. The maximum atomic E-state index is 12.1. The van der Waals surface area contributed by atoms with Crippen LogP contribution in [0.2, 0.25) is 0 Å². The van der Waals surface area contributed by atoms with E-state index in [1.807, 2.05) is 31.2 Å². The summed E-state index contributed by atoms with van der Waals surface area (Å²) in [6.45, 7) is 2.40. The molecule has 0 saturated carbocycles. The van der Waals surface area contributed by atoms with E-state index >= 15 is 0 Å². The van der Waals surface area contributed by atoms with Gasteiger partial charge in [0.15, 0.2) is 0 Å². The molecule has 0 atom stereocenters. The molecule has 0 amide bonds. The van der Waals surface area contributed by atoms with Crippen molar-refractivity contribution in [2.24, 2.45) is 0 Å². The first-order chi connectivity index (χ1) is 10.1. The number of H-pyrrole nitrogens is 1. The van der Waals surface area contributed by atoms with Crippen LogP contribution in [0, 0.1) is 6.92 Å². The number of nitrogens with one attached hydrogen (secondary N) is 1. The first-order valence-corrected chi connectivity index (χ1v) is 6.56. The number of carboxylic acid groups (broad SMARTS) is 1. The number of nitrogens with zero attached hydrogens (tertiary/aromatic N) is 1. The summed E-state index contributed by atoms with van der Waals surface area (Å²) in [6, 6.07) is 12.8. The van der Waals surface area contributed by atoms with E-state index in [9.17, 15) is 14.7 Å². The first kappa shape index (κ1) is 13.2. The number of carboxylic acids is 1. The number of para-hydroxylation sites is 1. The Morgan fingerprint density at radius 2 is 2.00 bits per heavy atom. The predicted octanol–water partition coefficient (Wildman–Crippen LogP) is 2.38. The smallest absolute Gasteiger partial charge is 0.337 e. The molecule has 0 spiro atoms. The van der Waals surface area contributed by atoms with E-state index in [1.54, 1.807) is 16.7 Å². The summed E-state index contributed by atoms with van der Waals surface area (Å²) >= 11 is 0. The molecule has 2 N–H and O–H groups in total. The summed E-state index contributed by atoms with van der Waals surface area (Å²) in [7, 11) is 0. The molecule has 0 bridgehead atoms. The first-order valence-electron chi connectivity index (χ1n) is 6.56. The van der Waals surface area contributed by atoms with Gasteiger partial charge in [0.05, 0.1) is 23.1 Å². The second-order valence-electron chi connectivity index (χ2n) is 5.01. The SMILES string of the molecule is Cc1cccc(Cn2c(=O)[nH]c3c(C(=O)O)cccc32)c1. The van der Waals surface area contributed by atoms with E-state index in [0.717, 1.165) is 11.1 Å². The summed E-state index contributed by atoms with van der Waals surface area (Å²) in [4.78, 5) is 26.0. The normalized spacial score (nSPS) is 10.9. The van der Waals surface area contributed by atoms with Crippen LogP contribution in [0.5, 0.6) is 0 Å². The summed E-state index contributed by atoms with van der Waals surface area (Å²) in [6.07, 6.45) is 0. The fourth-order valence-corrected chi connectivity index (χ4v) is 2.51. The molecule has 3 rings (SSSR count). The Kier molecular flexibility index (Phi) is 3.10. The minimum absolute atomic E-state index is 0.104. The molecule has 0 fully saturated rings. The van der Waals surface area contributed by atoms with Gasteiger partial charge in [-0.15, -0.1) is 0 Å². The van der Waals surface area contributed by atoms with Gasteiger partial charge in [0, 0.05) is 0 Å². The largest absolute Gasteiger partial charge is 0.478 e. The van der Waals surface area contributed by atoms with Gasteiger partial charge in [-0.1, -0.05) is 35.9 Å². The molecular weight excluding hydrogens is 268 g/mol. The average molecular weight is 282 g/mol. The van der Waals surface area contributed by atoms with Gasteiger partial charge in [-0.3, -0.25) is 4.57 Å². The molecular formula is C16H14N2O3. The lowest BCUT2D eigenvalue weighted by Crippen LogP contribution is -2.17. The maximum absolute atomic E-state index is 12.1. The van der Waals surface area contributed by atoms with Crippen molar-refractivity contribution in [1.29, 1.82) is 0 Å². The van der Waals surface area contributed by atoms with Gasteiger partial charge in [-0.05, 0) is 24.6 Å². The number of aromatic amines is 1. The minimum Gasteiger partial charge on any atom is -0.478 e. The molecule has 0 aliphatic rings. The molecule has 5 heteroatoms. The molecule has 1 heterocycles. The van der Waals surface area contributed by atoms with E-state index in [1.165, 1.54) is 6.07 Å². The van der Waals surface area contributed by atoms with Crippen molar-refractivity contribution in [1.82, 2.24) is 9.55 Å². The third-order valence-corrected chi connectivity index (χ3v) is 3.46. The fraction of sp³-hybridized carbons (Fsp3) is 0.125. The van der Waals surface area contributed by atoms with Crippen LogP contribution >= 0.6 is 0 Å². The van der Waals surface area contributed by atoms with Crippen molar-refractivity contribution in [3.8, 4) is 0 Å². The molecule has 0 aliphatic carbocycles. The Bertz CT molecular complexity index is 890. The lowest BCUT2D eigenvalue weighted by molar-refractivity contribution is 0.0699. The lowest BCUT2D eigenvalue weighted by atomic mass is 10.1. The Morgan fingerprint density at radius 3 is 2.71 bits per heavy atom. The van der Waals surface area contributed by atoms with Crippen LogP contribution in [0.1, 0.15) is 21.5 Å². The van der Waals surface area contributed by atoms with Crippen LogP contribution in [-0.2, 0) is 6.54 Å². The van der Waals surface area contributed by atoms with E-state index in [4.69, 9.17) is 0 Å². The van der Waals surface area contributed by atoms with Crippen LogP contribution in [0.15, 0.2) is 47.3 Å². The van der Waals surface area contributed by atoms with Crippen LogP contribution in [0.25, 0.3) is 11.0 Å². The van der Waals surface area contributed by atoms with Gasteiger partial charge in [0.1, 0.15) is 0 Å². The lowest BCUT2D eigenvalue weighted by Gasteiger charge is -2.05. The molecule has 106 valence electrons. The number of hydrogen-bond donors (Lipinski definition) is 2. The molecule has 1 aromatic heterocycles. The topological polar surface area (TPSA) is 75.1 Å². The highest BCUT2D eigenvalue weighted by atomic mass is 16.4. The quantitative estimate of drug-likeness (QED) is 0.774. The van der Waals surface area contributed by atoms with E-state index < -0.39 is 5.97 Å². The molecule has 0 saturated heterocycles. The third-order valence-electron chi connectivity index (χ3n) is 3.46. The van der Waals surface area contributed by atoms with E-state index in [2.05, 4.69) is 4.98 Å². The standard InChI is InChI=1S/C16H14N2O3/c1-10-4-2-5-11(8-10)9-18-13-7-3-6-12(15(19)20)14(13)17-16(18)21/h2-8H,9H2,1H3,(H,17,21)(H,19,20). The van der Waals surface area contributed by atoms with Gasteiger partial charge in [-0.25, -0.2) is 9.59 Å². The Balaban J connectivity index is 2.15. The van der Waals surface area contributed by atoms with Crippen LogP contribution in [-0.4, -0.2) is 20.6 Å². The predicted molar refractivity (Wildman–Crippen MR) is 79.8 cm³/mol. The number of benzene rings is 2. The highest BCUT2D eigenvalue weighted by Crippen LogP contribution is 2.17. The molecule has 2 aromatic carbocycles. The summed E-state index contributed by atoms with van der Waals surface area (Å²) < 4.78 is 1.55. The number of fused-ring (bicyclic) bond motifs is 1.